The number of hydrogen-bond acceptors (Lipinski definition) is 3. The number of pyridine rings is 1. The van der Waals surface area contributed by atoms with Crippen LogP contribution in [0.2, 0.25) is 0 Å². The third kappa shape index (κ3) is 2.64. The van der Waals surface area contributed by atoms with Crippen LogP contribution in [-0.2, 0) is 6.54 Å². The first-order valence-electron chi connectivity index (χ1n) is 4.78. The summed E-state index contributed by atoms with van der Waals surface area (Å²) < 4.78 is 36.2. The van der Waals surface area contributed by atoms with Crippen molar-refractivity contribution in [3.8, 4) is 0 Å². The summed E-state index contributed by atoms with van der Waals surface area (Å²) in [5, 5.41) is 3.28. The van der Waals surface area contributed by atoms with E-state index in [1.165, 1.54) is 18.5 Å². The zero-order valence-electron chi connectivity index (χ0n) is 8.58. The minimum Gasteiger partial charge on any atom is -0.332 e. The molecule has 2 N–H and O–H groups in total. The van der Waals surface area contributed by atoms with E-state index in [1.807, 2.05) is 5.43 Å². The number of rotatable bonds is 2. The Morgan fingerprint density at radius 1 is 1.53 bits per heavy atom. The fraction of sp³-hybridized carbons (Fsp3) is 0.333. The van der Waals surface area contributed by atoms with Crippen LogP contribution in [0.1, 0.15) is 5.56 Å². The van der Waals surface area contributed by atoms with Gasteiger partial charge in [0.05, 0.1) is 5.69 Å². The van der Waals surface area contributed by atoms with Gasteiger partial charge in [-0.1, -0.05) is 0 Å². The third-order valence-corrected chi connectivity index (χ3v) is 2.19. The standard InChI is InChI=1S/C9H9F3N4O/c10-9(11,12)5-15-16-7-1-2-13-3-6(7)4-14-8(16)17/h1-3,15H,4-5H2,(H,14,17). The van der Waals surface area contributed by atoms with E-state index in [2.05, 4.69) is 10.3 Å². The summed E-state index contributed by atoms with van der Waals surface area (Å²) in [5.41, 5.74) is 3.07. The predicted molar refractivity (Wildman–Crippen MR) is 53.0 cm³/mol. The summed E-state index contributed by atoms with van der Waals surface area (Å²) in [7, 11) is 0. The summed E-state index contributed by atoms with van der Waals surface area (Å²) in [4.78, 5) is 15.3. The minimum atomic E-state index is -4.38. The topological polar surface area (TPSA) is 57.3 Å². The average molecular weight is 246 g/mol. The van der Waals surface area contributed by atoms with E-state index >= 15 is 0 Å². The molecule has 1 aromatic rings. The number of alkyl halides is 3. The number of hydrogen-bond donors (Lipinski definition) is 2. The summed E-state index contributed by atoms with van der Waals surface area (Å²) in [5.74, 6) is 0. The Bertz CT molecular complexity index is 434. The maximum Gasteiger partial charge on any atom is 0.402 e. The summed E-state index contributed by atoms with van der Waals surface area (Å²) in [6.45, 7) is -1.02. The zero-order valence-corrected chi connectivity index (χ0v) is 8.58. The molecular weight excluding hydrogens is 237 g/mol. The van der Waals surface area contributed by atoms with Gasteiger partial charge < -0.3 is 5.32 Å². The van der Waals surface area contributed by atoms with Crippen LogP contribution < -0.4 is 15.8 Å². The molecule has 92 valence electrons. The number of hydrazine groups is 1. The molecule has 0 fully saturated rings. The van der Waals surface area contributed by atoms with Gasteiger partial charge in [0.1, 0.15) is 6.54 Å². The maximum absolute atomic E-state index is 12.1. The van der Waals surface area contributed by atoms with Crippen molar-refractivity contribution in [3.05, 3.63) is 24.0 Å². The second-order valence-electron chi connectivity index (χ2n) is 3.45. The molecule has 0 unspecified atom stereocenters. The highest BCUT2D eigenvalue weighted by Gasteiger charge is 2.31. The number of halogens is 3. The molecule has 8 heteroatoms. The van der Waals surface area contributed by atoms with E-state index in [-0.39, 0.29) is 6.54 Å². The minimum absolute atomic E-state index is 0.256. The van der Waals surface area contributed by atoms with Crippen LogP contribution in [0.4, 0.5) is 23.7 Å². The number of anilines is 1. The Morgan fingerprint density at radius 3 is 3.00 bits per heavy atom. The van der Waals surface area contributed by atoms with Crippen LogP contribution in [0.25, 0.3) is 0 Å². The quantitative estimate of drug-likeness (QED) is 0.823. The highest BCUT2D eigenvalue weighted by Crippen LogP contribution is 2.22. The van der Waals surface area contributed by atoms with Crippen molar-refractivity contribution in [1.29, 1.82) is 0 Å². The van der Waals surface area contributed by atoms with Crippen LogP contribution in [0.3, 0.4) is 0 Å². The second-order valence-corrected chi connectivity index (χ2v) is 3.45. The molecule has 0 aliphatic carbocycles. The maximum atomic E-state index is 12.1. The number of nitrogens with one attached hydrogen (secondary N) is 2. The number of aromatic nitrogens is 1. The van der Waals surface area contributed by atoms with Gasteiger partial charge in [-0.05, 0) is 6.07 Å². The molecule has 0 radical (unpaired) electrons. The molecule has 0 spiro atoms. The number of nitrogens with zero attached hydrogens (tertiary/aromatic N) is 2. The molecule has 2 amide bonds. The van der Waals surface area contributed by atoms with Gasteiger partial charge in [0.2, 0.25) is 0 Å². The Morgan fingerprint density at radius 2 is 2.29 bits per heavy atom. The number of amides is 2. The Balaban J connectivity index is 2.18. The van der Waals surface area contributed by atoms with E-state index in [1.54, 1.807) is 0 Å². The van der Waals surface area contributed by atoms with Crippen molar-refractivity contribution < 1.29 is 18.0 Å². The first kappa shape index (κ1) is 11.6. The van der Waals surface area contributed by atoms with Crippen molar-refractivity contribution in [1.82, 2.24) is 15.7 Å². The monoisotopic (exact) mass is 246 g/mol. The number of fused-ring (bicyclic) bond motifs is 1. The van der Waals surface area contributed by atoms with Gasteiger partial charge in [-0.3, -0.25) is 4.98 Å². The normalized spacial score (nSPS) is 15.5. The smallest absolute Gasteiger partial charge is 0.332 e. The molecular formula is C9H9F3N4O. The van der Waals surface area contributed by atoms with Crippen molar-refractivity contribution in [3.63, 3.8) is 0 Å². The molecule has 1 aliphatic heterocycles. The van der Waals surface area contributed by atoms with Crippen molar-refractivity contribution >= 4 is 11.7 Å². The molecule has 0 bridgehead atoms. The van der Waals surface area contributed by atoms with Crippen molar-refractivity contribution in [2.24, 2.45) is 0 Å². The molecule has 0 atom stereocenters. The van der Waals surface area contributed by atoms with E-state index in [9.17, 15) is 18.0 Å². The van der Waals surface area contributed by atoms with E-state index in [0.717, 1.165) is 5.01 Å². The first-order valence-corrected chi connectivity index (χ1v) is 4.78. The lowest BCUT2D eigenvalue weighted by Crippen LogP contribution is -2.54. The van der Waals surface area contributed by atoms with Gasteiger partial charge in [0, 0.05) is 24.5 Å². The zero-order chi connectivity index (χ0) is 12.5. The lowest BCUT2D eigenvalue weighted by molar-refractivity contribution is -0.124. The van der Waals surface area contributed by atoms with Gasteiger partial charge in [-0.15, -0.1) is 0 Å². The lowest BCUT2D eigenvalue weighted by Gasteiger charge is -2.30. The molecule has 0 saturated carbocycles. The third-order valence-electron chi connectivity index (χ3n) is 2.19. The Hall–Kier alpha value is -1.83. The largest absolute Gasteiger partial charge is 0.402 e. The molecule has 1 aromatic heterocycles. The first-order chi connectivity index (χ1) is 7.97. The van der Waals surface area contributed by atoms with Gasteiger partial charge in [0.15, 0.2) is 0 Å². The second kappa shape index (κ2) is 4.21. The molecule has 0 aromatic carbocycles. The summed E-state index contributed by atoms with van der Waals surface area (Å²) in [6.07, 6.45) is -1.47. The highest BCUT2D eigenvalue weighted by molar-refractivity contribution is 5.93. The van der Waals surface area contributed by atoms with Gasteiger partial charge in [0.25, 0.3) is 0 Å². The molecule has 5 nitrogen and oxygen atoms in total. The van der Waals surface area contributed by atoms with Crippen LogP contribution in [-0.4, -0.2) is 23.7 Å². The van der Waals surface area contributed by atoms with Gasteiger partial charge in [-0.2, -0.15) is 13.2 Å². The van der Waals surface area contributed by atoms with Crippen LogP contribution in [0.15, 0.2) is 18.5 Å². The van der Waals surface area contributed by atoms with Crippen molar-refractivity contribution in [2.45, 2.75) is 12.7 Å². The number of urea groups is 1. The van der Waals surface area contributed by atoms with E-state index in [0.29, 0.717) is 11.3 Å². The number of carbonyl (C=O) groups is 1. The fourth-order valence-corrected chi connectivity index (χ4v) is 1.46. The van der Waals surface area contributed by atoms with Crippen LogP contribution >= 0.6 is 0 Å². The molecule has 17 heavy (non-hydrogen) atoms. The van der Waals surface area contributed by atoms with E-state index in [4.69, 9.17) is 0 Å². The SMILES string of the molecule is O=C1NCc2cnccc2N1NCC(F)(F)F. The van der Waals surface area contributed by atoms with Crippen molar-refractivity contribution in [2.75, 3.05) is 11.6 Å². The van der Waals surface area contributed by atoms with Gasteiger partial charge >= 0.3 is 12.2 Å². The van der Waals surface area contributed by atoms with Gasteiger partial charge in [-0.25, -0.2) is 15.2 Å². The van der Waals surface area contributed by atoms with E-state index < -0.39 is 18.8 Å². The molecule has 2 rings (SSSR count). The Kier molecular flexibility index (Phi) is 2.88. The summed E-state index contributed by atoms with van der Waals surface area (Å²) in [6, 6.07) is 0.866. The lowest BCUT2D eigenvalue weighted by atomic mass is 10.2. The average Bonchev–Trinajstić information content (AvgIpc) is 2.26. The molecule has 0 saturated heterocycles. The molecule has 2 heterocycles. The van der Waals surface area contributed by atoms with Crippen LogP contribution in [0, 0.1) is 0 Å². The summed E-state index contributed by atoms with van der Waals surface area (Å²) >= 11 is 0. The van der Waals surface area contributed by atoms with Crippen LogP contribution in [0.5, 0.6) is 0 Å². The number of carbonyl (C=O) groups excluding carboxylic acids is 1. The molecule has 1 aliphatic rings. The fourth-order valence-electron chi connectivity index (χ4n) is 1.46. The Labute approximate surface area is 94.6 Å². The predicted octanol–water partition coefficient (Wildman–Crippen LogP) is 1.18. The highest BCUT2D eigenvalue weighted by atomic mass is 19.4.